The standard InChI is InChI=1S/C19H24N2O/c1-13(20)14-7-11-17(12-8-14)21-18(22)15-5-9-16(10-6-15)19(2,3)4/h5-13H,20H2,1-4H3,(H,21,22). The Labute approximate surface area is 132 Å². The summed E-state index contributed by atoms with van der Waals surface area (Å²) < 4.78 is 0. The average Bonchev–Trinajstić information content (AvgIpc) is 2.47. The van der Waals surface area contributed by atoms with Crippen molar-refractivity contribution in [2.75, 3.05) is 5.32 Å². The van der Waals surface area contributed by atoms with Crippen molar-refractivity contribution in [2.45, 2.75) is 39.2 Å². The molecule has 1 atom stereocenters. The van der Waals surface area contributed by atoms with Crippen molar-refractivity contribution in [1.29, 1.82) is 0 Å². The number of anilines is 1. The number of carbonyl (C=O) groups excluding carboxylic acids is 1. The van der Waals surface area contributed by atoms with E-state index in [9.17, 15) is 4.79 Å². The summed E-state index contributed by atoms with van der Waals surface area (Å²) in [5.74, 6) is -0.103. The van der Waals surface area contributed by atoms with E-state index in [1.54, 1.807) is 0 Å². The second-order valence-corrected chi connectivity index (χ2v) is 6.69. The van der Waals surface area contributed by atoms with Crippen LogP contribution >= 0.6 is 0 Å². The van der Waals surface area contributed by atoms with E-state index in [4.69, 9.17) is 5.73 Å². The minimum atomic E-state index is -0.103. The molecule has 3 heteroatoms. The Morgan fingerprint density at radius 3 is 2.00 bits per heavy atom. The molecule has 0 aliphatic carbocycles. The molecular formula is C19H24N2O. The highest BCUT2D eigenvalue weighted by Crippen LogP contribution is 2.22. The van der Waals surface area contributed by atoms with Gasteiger partial charge in [-0.2, -0.15) is 0 Å². The van der Waals surface area contributed by atoms with Crippen LogP contribution in [0.5, 0.6) is 0 Å². The monoisotopic (exact) mass is 296 g/mol. The number of benzene rings is 2. The summed E-state index contributed by atoms with van der Waals surface area (Å²) in [6.45, 7) is 8.40. The van der Waals surface area contributed by atoms with E-state index in [0.29, 0.717) is 5.56 Å². The highest BCUT2D eigenvalue weighted by molar-refractivity contribution is 6.04. The number of rotatable bonds is 3. The topological polar surface area (TPSA) is 55.1 Å². The zero-order valence-electron chi connectivity index (χ0n) is 13.7. The molecule has 0 aliphatic rings. The molecule has 0 spiro atoms. The van der Waals surface area contributed by atoms with E-state index in [1.807, 2.05) is 55.5 Å². The van der Waals surface area contributed by atoms with E-state index < -0.39 is 0 Å². The maximum Gasteiger partial charge on any atom is 0.255 e. The van der Waals surface area contributed by atoms with Gasteiger partial charge in [-0.05, 0) is 47.7 Å². The zero-order chi connectivity index (χ0) is 16.3. The maximum atomic E-state index is 12.3. The molecule has 0 saturated carbocycles. The summed E-state index contributed by atoms with van der Waals surface area (Å²) in [6.07, 6.45) is 0. The number of amides is 1. The Kier molecular flexibility index (Phi) is 4.67. The summed E-state index contributed by atoms with van der Waals surface area (Å²) in [6, 6.07) is 15.4. The number of hydrogen-bond acceptors (Lipinski definition) is 2. The molecule has 116 valence electrons. The van der Waals surface area contributed by atoms with Gasteiger partial charge in [0.15, 0.2) is 0 Å². The molecule has 2 aromatic rings. The summed E-state index contributed by atoms with van der Waals surface area (Å²) in [7, 11) is 0. The lowest BCUT2D eigenvalue weighted by Gasteiger charge is -2.19. The Balaban J connectivity index is 2.09. The first kappa shape index (κ1) is 16.2. The summed E-state index contributed by atoms with van der Waals surface area (Å²) >= 11 is 0. The van der Waals surface area contributed by atoms with Crippen molar-refractivity contribution in [3.63, 3.8) is 0 Å². The predicted molar refractivity (Wildman–Crippen MR) is 92.1 cm³/mol. The normalized spacial score (nSPS) is 12.8. The van der Waals surface area contributed by atoms with Crippen LogP contribution in [-0.4, -0.2) is 5.91 Å². The Hall–Kier alpha value is -2.13. The minimum absolute atomic E-state index is 0.00491. The Bertz CT molecular complexity index is 635. The first-order valence-electron chi connectivity index (χ1n) is 7.55. The van der Waals surface area contributed by atoms with E-state index >= 15 is 0 Å². The first-order valence-corrected chi connectivity index (χ1v) is 7.55. The minimum Gasteiger partial charge on any atom is -0.324 e. The van der Waals surface area contributed by atoms with Gasteiger partial charge in [0.25, 0.3) is 5.91 Å². The van der Waals surface area contributed by atoms with Crippen LogP contribution in [0.4, 0.5) is 5.69 Å². The van der Waals surface area contributed by atoms with Crippen molar-refractivity contribution < 1.29 is 4.79 Å². The highest BCUT2D eigenvalue weighted by atomic mass is 16.1. The summed E-state index contributed by atoms with van der Waals surface area (Å²) in [4.78, 5) is 12.3. The van der Waals surface area contributed by atoms with Crippen molar-refractivity contribution >= 4 is 11.6 Å². The predicted octanol–water partition coefficient (Wildman–Crippen LogP) is 4.26. The van der Waals surface area contributed by atoms with Gasteiger partial charge in [0.2, 0.25) is 0 Å². The molecule has 2 rings (SSSR count). The number of carbonyl (C=O) groups is 1. The number of nitrogens with one attached hydrogen (secondary N) is 1. The summed E-state index contributed by atoms with van der Waals surface area (Å²) in [5.41, 5.74) is 9.60. The molecular weight excluding hydrogens is 272 g/mol. The molecule has 1 unspecified atom stereocenters. The van der Waals surface area contributed by atoms with E-state index in [0.717, 1.165) is 11.3 Å². The van der Waals surface area contributed by atoms with Crippen molar-refractivity contribution in [2.24, 2.45) is 5.73 Å². The molecule has 1 amide bonds. The number of hydrogen-bond donors (Lipinski definition) is 2. The van der Waals surface area contributed by atoms with Gasteiger partial charge in [0, 0.05) is 17.3 Å². The molecule has 2 aromatic carbocycles. The van der Waals surface area contributed by atoms with Gasteiger partial charge in [0.1, 0.15) is 0 Å². The molecule has 22 heavy (non-hydrogen) atoms. The van der Waals surface area contributed by atoms with Gasteiger partial charge in [0.05, 0.1) is 0 Å². The second-order valence-electron chi connectivity index (χ2n) is 6.69. The SMILES string of the molecule is CC(N)c1ccc(NC(=O)c2ccc(C(C)(C)C)cc2)cc1. The van der Waals surface area contributed by atoms with E-state index in [-0.39, 0.29) is 17.4 Å². The lowest BCUT2D eigenvalue weighted by atomic mass is 9.87. The molecule has 0 aromatic heterocycles. The van der Waals surface area contributed by atoms with Crippen molar-refractivity contribution in [3.05, 3.63) is 65.2 Å². The second kappa shape index (κ2) is 6.32. The zero-order valence-corrected chi connectivity index (χ0v) is 13.7. The summed E-state index contributed by atoms with van der Waals surface area (Å²) in [5, 5.41) is 2.90. The van der Waals surface area contributed by atoms with Gasteiger partial charge < -0.3 is 11.1 Å². The average molecular weight is 296 g/mol. The smallest absolute Gasteiger partial charge is 0.255 e. The van der Waals surface area contributed by atoms with Crippen LogP contribution in [-0.2, 0) is 5.41 Å². The fraction of sp³-hybridized carbons (Fsp3) is 0.316. The largest absolute Gasteiger partial charge is 0.324 e. The molecule has 3 nitrogen and oxygen atoms in total. The highest BCUT2D eigenvalue weighted by Gasteiger charge is 2.14. The van der Waals surface area contributed by atoms with Crippen LogP contribution in [0.3, 0.4) is 0 Å². The van der Waals surface area contributed by atoms with Gasteiger partial charge in [-0.15, -0.1) is 0 Å². The molecule has 0 saturated heterocycles. The number of nitrogens with two attached hydrogens (primary N) is 1. The Morgan fingerprint density at radius 2 is 1.55 bits per heavy atom. The van der Waals surface area contributed by atoms with Crippen LogP contribution in [0.25, 0.3) is 0 Å². The third-order valence-corrected chi connectivity index (χ3v) is 3.71. The van der Waals surface area contributed by atoms with Gasteiger partial charge in [-0.25, -0.2) is 0 Å². The van der Waals surface area contributed by atoms with Crippen LogP contribution < -0.4 is 11.1 Å². The van der Waals surface area contributed by atoms with Gasteiger partial charge in [-0.1, -0.05) is 45.0 Å². The quantitative estimate of drug-likeness (QED) is 0.889. The Morgan fingerprint density at radius 1 is 1.00 bits per heavy atom. The lowest BCUT2D eigenvalue weighted by molar-refractivity contribution is 0.102. The first-order chi connectivity index (χ1) is 10.3. The van der Waals surface area contributed by atoms with Gasteiger partial charge in [-0.3, -0.25) is 4.79 Å². The van der Waals surface area contributed by atoms with Crippen LogP contribution in [0.15, 0.2) is 48.5 Å². The molecule has 0 bridgehead atoms. The van der Waals surface area contributed by atoms with E-state index in [1.165, 1.54) is 5.56 Å². The molecule has 3 N–H and O–H groups in total. The third-order valence-electron chi connectivity index (χ3n) is 3.71. The third kappa shape index (κ3) is 3.95. The van der Waals surface area contributed by atoms with Crippen LogP contribution in [0.1, 0.15) is 55.2 Å². The van der Waals surface area contributed by atoms with Crippen molar-refractivity contribution in [3.8, 4) is 0 Å². The fourth-order valence-electron chi connectivity index (χ4n) is 2.19. The maximum absolute atomic E-state index is 12.3. The molecule has 0 fully saturated rings. The van der Waals surface area contributed by atoms with Crippen molar-refractivity contribution in [1.82, 2.24) is 0 Å². The van der Waals surface area contributed by atoms with E-state index in [2.05, 4.69) is 26.1 Å². The fourth-order valence-corrected chi connectivity index (χ4v) is 2.19. The van der Waals surface area contributed by atoms with Crippen LogP contribution in [0.2, 0.25) is 0 Å². The van der Waals surface area contributed by atoms with Crippen LogP contribution in [0, 0.1) is 0 Å². The molecule has 0 aliphatic heterocycles. The molecule has 0 radical (unpaired) electrons. The van der Waals surface area contributed by atoms with Gasteiger partial charge >= 0.3 is 0 Å². The molecule has 0 heterocycles. The lowest BCUT2D eigenvalue weighted by Crippen LogP contribution is -2.14.